The third kappa shape index (κ3) is 6.39. The SMILES string of the molecule is CNCC(=O)OO.[NaH]. The minimum atomic E-state index is -0.678. The van der Waals surface area contributed by atoms with Crippen molar-refractivity contribution in [1.82, 2.24) is 5.32 Å². The van der Waals surface area contributed by atoms with Crippen LogP contribution < -0.4 is 5.32 Å². The van der Waals surface area contributed by atoms with Gasteiger partial charge in [0, 0.05) is 0 Å². The molecule has 4 nitrogen and oxygen atoms in total. The predicted molar refractivity (Wildman–Crippen MR) is 29.8 cm³/mol. The van der Waals surface area contributed by atoms with Crippen molar-refractivity contribution < 1.29 is 14.9 Å². The van der Waals surface area contributed by atoms with Gasteiger partial charge < -0.3 is 5.32 Å². The Hall–Kier alpha value is 0.390. The Morgan fingerprint density at radius 2 is 2.38 bits per heavy atom. The maximum absolute atomic E-state index is 9.88. The van der Waals surface area contributed by atoms with E-state index in [-0.39, 0.29) is 36.1 Å². The van der Waals surface area contributed by atoms with Gasteiger partial charge in [-0.2, -0.15) is 5.26 Å². The van der Waals surface area contributed by atoms with Crippen LogP contribution in [0.3, 0.4) is 0 Å². The van der Waals surface area contributed by atoms with Gasteiger partial charge in [-0.3, -0.25) is 4.89 Å². The summed E-state index contributed by atoms with van der Waals surface area (Å²) in [7, 11) is 1.58. The fraction of sp³-hybridized carbons (Fsp3) is 0.667. The van der Waals surface area contributed by atoms with Crippen LogP contribution in [-0.4, -0.2) is 54.4 Å². The van der Waals surface area contributed by atoms with E-state index in [4.69, 9.17) is 5.26 Å². The molecule has 0 bridgehead atoms. The molecule has 0 aliphatic rings. The van der Waals surface area contributed by atoms with Crippen molar-refractivity contribution in [3.63, 3.8) is 0 Å². The van der Waals surface area contributed by atoms with Gasteiger partial charge in [0.15, 0.2) is 0 Å². The van der Waals surface area contributed by atoms with Crippen LogP contribution in [0.4, 0.5) is 0 Å². The van der Waals surface area contributed by atoms with Crippen molar-refractivity contribution in [2.24, 2.45) is 0 Å². The van der Waals surface area contributed by atoms with E-state index in [0.717, 1.165) is 0 Å². The van der Waals surface area contributed by atoms with Crippen LogP contribution in [0.5, 0.6) is 0 Å². The molecule has 0 heterocycles. The summed E-state index contributed by atoms with van der Waals surface area (Å²) < 4.78 is 0. The Morgan fingerprint density at radius 1 is 1.88 bits per heavy atom. The van der Waals surface area contributed by atoms with Gasteiger partial charge in [-0.05, 0) is 7.05 Å². The molecule has 0 unspecified atom stereocenters. The predicted octanol–water partition coefficient (Wildman–Crippen LogP) is -1.43. The molecule has 0 aromatic rings. The molecule has 0 atom stereocenters. The molecule has 0 aromatic heterocycles. The summed E-state index contributed by atoms with van der Waals surface area (Å²) in [6, 6.07) is 0. The van der Waals surface area contributed by atoms with Gasteiger partial charge in [0.1, 0.15) is 0 Å². The summed E-state index contributed by atoms with van der Waals surface area (Å²) in [4.78, 5) is 13.2. The molecule has 0 aromatic carbocycles. The van der Waals surface area contributed by atoms with Crippen LogP contribution >= 0.6 is 0 Å². The van der Waals surface area contributed by atoms with Crippen LogP contribution in [0.15, 0.2) is 0 Å². The number of hydrogen-bond acceptors (Lipinski definition) is 4. The molecule has 0 aliphatic heterocycles. The van der Waals surface area contributed by atoms with Gasteiger partial charge in [-0.1, -0.05) is 0 Å². The standard InChI is InChI=1S/C3H7NO3.Na.H/c1-4-2-3(5)7-6;;/h4,6H,2H2,1H3;;. The van der Waals surface area contributed by atoms with Crippen LogP contribution in [0.25, 0.3) is 0 Å². The summed E-state index contributed by atoms with van der Waals surface area (Å²) in [5, 5.41) is 10.1. The van der Waals surface area contributed by atoms with Gasteiger partial charge in [0.25, 0.3) is 0 Å². The monoisotopic (exact) mass is 129 g/mol. The van der Waals surface area contributed by atoms with E-state index in [9.17, 15) is 4.79 Å². The van der Waals surface area contributed by atoms with Crippen molar-refractivity contribution >= 4 is 35.5 Å². The second kappa shape index (κ2) is 7.39. The zero-order valence-corrected chi connectivity index (χ0v) is 3.97. The molecule has 0 aliphatic carbocycles. The average Bonchev–Trinajstić information content (AvgIpc) is 1.68. The number of rotatable bonds is 2. The van der Waals surface area contributed by atoms with Crippen LogP contribution in [0.2, 0.25) is 0 Å². The van der Waals surface area contributed by atoms with Gasteiger partial charge in [-0.15, -0.1) is 0 Å². The molecular weight excluding hydrogens is 121 g/mol. The fourth-order valence-corrected chi connectivity index (χ4v) is 0.177. The third-order valence-electron chi connectivity index (χ3n) is 0.423. The molecule has 5 heteroatoms. The molecule has 0 amide bonds. The van der Waals surface area contributed by atoms with Crippen LogP contribution in [0, 0.1) is 0 Å². The molecule has 0 rings (SSSR count). The van der Waals surface area contributed by atoms with Crippen LogP contribution in [0.1, 0.15) is 0 Å². The first kappa shape index (κ1) is 11.2. The first-order chi connectivity index (χ1) is 3.31. The molecule has 0 radical (unpaired) electrons. The Morgan fingerprint density at radius 3 is 2.50 bits per heavy atom. The zero-order valence-electron chi connectivity index (χ0n) is 3.97. The average molecular weight is 129 g/mol. The second-order valence-electron chi connectivity index (χ2n) is 0.994. The van der Waals surface area contributed by atoms with Gasteiger partial charge in [0.05, 0.1) is 6.54 Å². The summed E-state index contributed by atoms with van der Waals surface area (Å²) in [5.41, 5.74) is 0. The van der Waals surface area contributed by atoms with Crippen LogP contribution in [-0.2, 0) is 9.68 Å². The van der Waals surface area contributed by atoms with Gasteiger partial charge >= 0.3 is 35.5 Å². The zero-order chi connectivity index (χ0) is 5.70. The maximum atomic E-state index is 9.88. The first-order valence-corrected chi connectivity index (χ1v) is 1.80. The third-order valence-corrected chi connectivity index (χ3v) is 0.423. The topological polar surface area (TPSA) is 58.6 Å². The Kier molecular flexibility index (Phi) is 10.4. The Bertz CT molecular complexity index is 67.5. The molecule has 0 spiro atoms. The molecule has 0 saturated carbocycles. The van der Waals surface area contributed by atoms with E-state index in [1.54, 1.807) is 7.05 Å². The molecule has 44 valence electrons. The van der Waals surface area contributed by atoms with E-state index in [2.05, 4.69) is 10.2 Å². The van der Waals surface area contributed by atoms with E-state index >= 15 is 0 Å². The normalized spacial score (nSPS) is 7.25. The summed E-state index contributed by atoms with van der Waals surface area (Å²) in [5.74, 6) is -0.678. The van der Waals surface area contributed by atoms with Crippen molar-refractivity contribution in [2.45, 2.75) is 0 Å². The summed E-state index contributed by atoms with van der Waals surface area (Å²) in [6.45, 7) is 0.0382. The van der Waals surface area contributed by atoms with E-state index in [1.165, 1.54) is 0 Å². The number of carbonyl (C=O) groups is 1. The summed E-state index contributed by atoms with van der Waals surface area (Å²) in [6.07, 6.45) is 0. The van der Waals surface area contributed by atoms with Crippen molar-refractivity contribution in [1.29, 1.82) is 0 Å². The molecular formula is C3H8NNaO3. The first-order valence-electron chi connectivity index (χ1n) is 1.80. The van der Waals surface area contributed by atoms with Crippen molar-refractivity contribution in [3.8, 4) is 0 Å². The van der Waals surface area contributed by atoms with Gasteiger partial charge in [0.2, 0.25) is 0 Å². The van der Waals surface area contributed by atoms with Crippen molar-refractivity contribution in [3.05, 3.63) is 0 Å². The van der Waals surface area contributed by atoms with E-state index < -0.39 is 5.97 Å². The summed E-state index contributed by atoms with van der Waals surface area (Å²) >= 11 is 0. The quantitative estimate of drug-likeness (QED) is 0.273. The van der Waals surface area contributed by atoms with Gasteiger partial charge in [-0.25, -0.2) is 4.79 Å². The van der Waals surface area contributed by atoms with Crippen molar-refractivity contribution in [2.75, 3.05) is 13.6 Å². The molecule has 8 heavy (non-hydrogen) atoms. The number of hydrogen-bond donors (Lipinski definition) is 2. The number of carbonyl (C=O) groups excluding carboxylic acids is 1. The second-order valence-corrected chi connectivity index (χ2v) is 0.994. The Labute approximate surface area is 69.4 Å². The van der Waals surface area contributed by atoms with E-state index in [0.29, 0.717) is 0 Å². The molecule has 0 fully saturated rings. The molecule has 0 saturated heterocycles. The minimum absolute atomic E-state index is 0. The number of likely N-dealkylation sites (N-methyl/N-ethyl adjacent to an activating group) is 1. The van der Waals surface area contributed by atoms with E-state index in [1.807, 2.05) is 0 Å². The molecule has 2 N–H and O–H groups in total. The Balaban J connectivity index is 0. The number of nitrogens with one attached hydrogen (secondary N) is 1. The fourth-order valence-electron chi connectivity index (χ4n) is 0.177.